The Bertz CT molecular complexity index is 456. The van der Waals surface area contributed by atoms with Gasteiger partial charge in [0.1, 0.15) is 11.7 Å². The third-order valence-corrected chi connectivity index (χ3v) is 4.29. The molecule has 0 spiro atoms. The van der Waals surface area contributed by atoms with Crippen LogP contribution in [-0.4, -0.2) is 46.1 Å². The summed E-state index contributed by atoms with van der Waals surface area (Å²) in [6, 6.07) is 0. The first kappa shape index (κ1) is 18.4. The molecule has 1 rings (SSSR count). The van der Waals surface area contributed by atoms with Gasteiger partial charge in [0.15, 0.2) is 0 Å². The highest BCUT2D eigenvalue weighted by Crippen LogP contribution is 2.40. The summed E-state index contributed by atoms with van der Waals surface area (Å²) in [6.45, 7) is 9.50. The molecule has 0 aromatic carbocycles. The molecule has 0 aliphatic heterocycles. The molecule has 1 aliphatic carbocycles. The first-order valence-electron chi connectivity index (χ1n) is 7.20. The molecule has 2 N–H and O–H groups in total. The van der Waals surface area contributed by atoms with Crippen molar-refractivity contribution in [2.75, 3.05) is 6.61 Å². The van der Waals surface area contributed by atoms with Crippen LogP contribution < -0.4 is 0 Å². The van der Waals surface area contributed by atoms with Crippen molar-refractivity contribution >= 4 is 11.9 Å². The third-order valence-electron chi connectivity index (χ3n) is 4.29. The Morgan fingerprint density at radius 3 is 2.45 bits per heavy atom. The molecular weight excluding hydrogens is 288 g/mol. The second-order valence-corrected chi connectivity index (χ2v) is 6.05. The van der Waals surface area contributed by atoms with E-state index in [2.05, 4.69) is 13.2 Å². The number of aliphatic hydroxyl groups excluding tert-OH is 1. The van der Waals surface area contributed by atoms with Gasteiger partial charge < -0.3 is 19.7 Å². The predicted molar refractivity (Wildman–Crippen MR) is 79.8 cm³/mol. The van der Waals surface area contributed by atoms with Gasteiger partial charge in [0.2, 0.25) is 0 Å². The summed E-state index contributed by atoms with van der Waals surface area (Å²) in [6.07, 6.45) is 2.45. The van der Waals surface area contributed by atoms with Crippen LogP contribution in [0, 0.1) is 5.92 Å². The molecule has 124 valence electrons. The molecule has 0 heterocycles. The molecule has 22 heavy (non-hydrogen) atoms. The molecule has 0 amide bonds. The number of carbonyl (C=O) groups excluding carboxylic acids is 2. The van der Waals surface area contributed by atoms with E-state index >= 15 is 0 Å². The van der Waals surface area contributed by atoms with Crippen molar-refractivity contribution in [2.45, 2.75) is 50.4 Å². The number of rotatable bonds is 6. The highest BCUT2D eigenvalue weighted by atomic mass is 16.6. The standard InChI is InChI=1S/C16H24O6/c1-5-13(18)21-12-9-11(7-8-15(12,3)20)16(4,10-17)22-14(19)6-2/h5-6,11-12,17,20H,1-2,7-10H2,3-4H3. The minimum Gasteiger partial charge on any atom is -0.456 e. The summed E-state index contributed by atoms with van der Waals surface area (Å²) in [7, 11) is 0. The maximum atomic E-state index is 11.5. The van der Waals surface area contributed by atoms with Gasteiger partial charge >= 0.3 is 11.9 Å². The lowest BCUT2D eigenvalue weighted by molar-refractivity contribution is -0.187. The fourth-order valence-corrected chi connectivity index (χ4v) is 2.69. The molecule has 4 unspecified atom stereocenters. The molecule has 0 aromatic heterocycles. The van der Waals surface area contributed by atoms with E-state index in [1.54, 1.807) is 13.8 Å². The Kier molecular flexibility index (Phi) is 5.91. The van der Waals surface area contributed by atoms with Crippen LogP contribution in [0.25, 0.3) is 0 Å². The Hall–Kier alpha value is -1.66. The first-order chi connectivity index (χ1) is 10.2. The third kappa shape index (κ3) is 4.18. The first-order valence-corrected chi connectivity index (χ1v) is 7.20. The maximum Gasteiger partial charge on any atom is 0.330 e. The average Bonchev–Trinajstić information content (AvgIpc) is 2.48. The molecule has 1 fully saturated rings. The molecule has 1 saturated carbocycles. The van der Waals surface area contributed by atoms with Crippen LogP contribution >= 0.6 is 0 Å². The predicted octanol–water partition coefficient (Wildman–Crippen LogP) is 1.12. The molecular formula is C16H24O6. The molecule has 0 aromatic rings. The van der Waals surface area contributed by atoms with E-state index in [9.17, 15) is 19.8 Å². The SMILES string of the molecule is C=CC(=O)OC1CC(C(C)(CO)OC(=O)C=C)CCC1(C)O. The van der Waals surface area contributed by atoms with E-state index in [1.165, 1.54) is 0 Å². The van der Waals surface area contributed by atoms with E-state index in [4.69, 9.17) is 9.47 Å². The van der Waals surface area contributed by atoms with Gasteiger partial charge in [0.05, 0.1) is 12.2 Å². The average molecular weight is 312 g/mol. The minimum atomic E-state index is -1.17. The van der Waals surface area contributed by atoms with E-state index < -0.39 is 29.2 Å². The smallest absolute Gasteiger partial charge is 0.330 e. The minimum absolute atomic E-state index is 0.260. The second-order valence-electron chi connectivity index (χ2n) is 6.05. The van der Waals surface area contributed by atoms with Crippen LogP contribution in [0.15, 0.2) is 25.3 Å². The van der Waals surface area contributed by atoms with Crippen LogP contribution in [-0.2, 0) is 19.1 Å². The number of ether oxygens (including phenoxy) is 2. The van der Waals surface area contributed by atoms with Crippen molar-refractivity contribution in [3.05, 3.63) is 25.3 Å². The van der Waals surface area contributed by atoms with Crippen LogP contribution in [0.5, 0.6) is 0 Å². The van der Waals surface area contributed by atoms with Gasteiger partial charge in [-0.05, 0) is 33.1 Å². The van der Waals surface area contributed by atoms with Gasteiger partial charge in [-0.15, -0.1) is 0 Å². The highest BCUT2D eigenvalue weighted by molar-refractivity contribution is 5.82. The van der Waals surface area contributed by atoms with Gasteiger partial charge in [-0.3, -0.25) is 0 Å². The largest absolute Gasteiger partial charge is 0.456 e. The monoisotopic (exact) mass is 312 g/mol. The van der Waals surface area contributed by atoms with Crippen LogP contribution in [0.3, 0.4) is 0 Å². The quantitative estimate of drug-likeness (QED) is 0.564. The van der Waals surface area contributed by atoms with Gasteiger partial charge in [-0.1, -0.05) is 13.2 Å². The Morgan fingerprint density at radius 2 is 1.95 bits per heavy atom. The molecule has 0 bridgehead atoms. The molecule has 6 nitrogen and oxygen atoms in total. The Morgan fingerprint density at radius 1 is 1.36 bits per heavy atom. The van der Waals surface area contributed by atoms with Crippen molar-refractivity contribution in [1.82, 2.24) is 0 Å². The van der Waals surface area contributed by atoms with E-state index in [0.717, 1.165) is 12.2 Å². The van der Waals surface area contributed by atoms with E-state index in [1.807, 2.05) is 0 Å². The van der Waals surface area contributed by atoms with Crippen molar-refractivity contribution in [3.63, 3.8) is 0 Å². The lowest BCUT2D eigenvalue weighted by Gasteiger charge is -2.45. The van der Waals surface area contributed by atoms with Gasteiger partial charge in [-0.2, -0.15) is 0 Å². The number of aliphatic hydroxyl groups is 2. The summed E-state index contributed by atoms with van der Waals surface area (Å²) >= 11 is 0. The van der Waals surface area contributed by atoms with Gasteiger partial charge in [-0.25, -0.2) is 9.59 Å². The fraction of sp³-hybridized carbons (Fsp3) is 0.625. The molecule has 0 radical (unpaired) electrons. The van der Waals surface area contributed by atoms with Crippen molar-refractivity contribution in [1.29, 1.82) is 0 Å². The molecule has 4 atom stereocenters. The van der Waals surface area contributed by atoms with Gasteiger partial charge in [0, 0.05) is 18.1 Å². The maximum absolute atomic E-state index is 11.5. The van der Waals surface area contributed by atoms with E-state index in [-0.39, 0.29) is 18.9 Å². The molecule has 6 heteroatoms. The zero-order valence-electron chi connectivity index (χ0n) is 13.1. The Labute approximate surface area is 130 Å². The summed E-state index contributed by atoms with van der Waals surface area (Å²) in [5, 5.41) is 20.0. The van der Waals surface area contributed by atoms with Crippen LogP contribution in [0.4, 0.5) is 0 Å². The Balaban J connectivity index is 2.91. The lowest BCUT2D eigenvalue weighted by Crippen LogP contribution is -2.53. The topological polar surface area (TPSA) is 93.1 Å². The second kappa shape index (κ2) is 7.07. The van der Waals surface area contributed by atoms with Crippen molar-refractivity contribution in [2.24, 2.45) is 5.92 Å². The fourth-order valence-electron chi connectivity index (χ4n) is 2.69. The zero-order chi connectivity index (χ0) is 17.0. The lowest BCUT2D eigenvalue weighted by atomic mass is 9.71. The summed E-state index contributed by atoms with van der Waals surface area (Å²) in [4.78, 5) is 22.9. The number of carbonyl (C=O) groups is 2. The van der Waals surface area contributed by atoms with E-state index in [0.29, 0.717) is 12.8 Å². The van der Waals surface area contributed by atoms with Crippen molar-refractivity contribution in [3.8, 4) is 0 Å². The van der Waals surface area contributed by atoms with Gasteiger partial charge in [0.25, 0.3) is 0 Å². The number of esters is 2. The summed E-state index contributed by atoms with van der Waals surface area (Å²) in [5.41, 5.74) is -2.30. The molecule has 0 saturated heterocycles. The summed E-state index contributed by atoms with van der Waals surface area (Å²) < 4.78 is 10.5. The number of hydrogen-bond acceptors (Lipinski definition) is 6. The summed E-state index contributed by atoms with van der Waals surface area (Å²) in [5.74, 6) is -1.52. The zero-order valence-corrected chi connectivity index (χ0v) is 13.1. The highest BCUT2D eigenvalue weighted by Gasteiger charge is 2.48. The molecule has 1 aliphatic rings. The van der Waals surface area contributed by atoms with Crippen molar-refractivity contribution < 1.29 is 29.3 Å². The van der Waals surface area contributed by atoms with Crippen LogP contribution in [0.2, 0.25) is 0 Å². The normalized spacial score (nSPS) is 30.7. The number of hydrogen-bond donors (Lipinski definition) is 2. The van der Waals surface area contributed by atoms with Crippen LogP contribution in [0.1, 0.15) is 33.1 Å².